The van der Waals surface area contributed by atoms with Gasteiger partial charge in [-0.1, -0.05) is 6.07 Å². The summed E-state index contributed by atoms with van der Waals surface area (Å²) in [5.74, 6) is 1.15. The molecule has 0 saturated carbocycles. The summed E-state index contributed by atoms with van der Waals surface area (Å²) in [5, 5.41) is 2.90. The number of hydrogen-bond acceptors (Lipinski definition) is 5. The van der Waals surface area contributed by atoms with Crippen LogP contribution in [0.2, 0.25) is 0 Å². The number of Topliss-reactive ketones (excluding diaryl/α,β-unsaturated/α-hetero) is 1. The zero-order valence-electron chi connectivity index (χ0n) is 14.2. The molecule has 0 heterocycles. The fourth-order valence-electron chi connectivity index (χ4n) is 2.23. The molecule has 0 unspecified atom stereocenters. The zero-order chi connectivity index (χ0) is 17.2. The fraction of sp³-hybridized carbons (Fsp3) is 0.529. The van der Waals surface area contributed by atoms with Gasteiger partial charge in [0.1, 0.15) is 5.78 Å². The minimum Gasteiger partial charge on any atom is -0.493 e. The monoisotopic (exact) mass is 323 g/mol. The molecule has 0 fully saturated rings. The molecule has 0 aromatic heterocycles. The van der Waals surface area contributed by atoms with Gasteiger partial charge >= 0.3 is 0 Å². The molecule has 0 spiro atoms. The third-order valence-corrected chi connectivity index (χ3v) is 3.37. The van der Waals surface area contributed by atoms with Gasteiger partial charge in [0.25, 0.3) is 0 Å². The number of amides is 1. The van der Waals surface area contributed by atoms with E-state index in [0.717, 1.165) is 5.56 Å². The standard InChI is InChI=1S/C17H25NO5/c1-12(19)5-8-17(20)18-14(11-21-2)9-13-6-7-15(22-3)16(10-13)23-4/h6-7,10,14H,5,8-9,11H2,1-4H3,(H,18,20)/t14-/m0/s1. The molecular formula is C17H25NO5. The Hall–Kier alpha value is -2.08. The summed E-state index contributed by atoms with van der Waals surface area (Å²) in [6, 6.07) is 5.46. The summed E-state index contributed by atoms with van der Waals surface area (Å²) < 4.78 is 15.7. The molecule has 1 atom stereocenters. The van der Waals surface area contributed by atoms with E-state index in [1.165, 1.54) is 6.92 Å². The molecule has 0 aliphatic rings. The molecule has 23 heavy (non-hydrogen) atoms. The van der Waals surface area contributed by atoms with E-state index in [1.54, 1.807) is 21.3 Å². The van der Waals surface area contributed by atoms with Gasteiger partial charge in [-0.05, 0) is 31.0 Å². The molecule has 0 aliphatic carbocycles. The van der Waals surface area contributed by atoms with Gasteiger partial charge in [0, 0.05) is 20.0 Å². The number of nitrogens with one attached hydrogen (secondary N) is 1. The predicted octanol–water partition coefficient (Wildman–Crippen LogP) is 1.75. The summed E-state index contributed by atoms with van der Waals surface area (Å²) in [4.78, 5) is 22.8. The normalized spacial score (nSPS) is 11.7. The topological polar surface area (TPSA) is 73.9 Å². The average molecular weight is 323 g/mol. The summed E-state index contributed by atoms with van der Waals surface area (Å²) in [5.41, 5.74) is 0.997. The number of ether oxygens (including phenoxy) is 3. The van der Waals surface area contributed by atoms with Gasteiger partial charge in [-0.2, -0.15) is 0 Å². The van der Waals surface area contributed by atoms with Crippen LogP contribution in [0.1, 0.15) is 25.3 Å². The molecule has 6 heteroatoms. The van der Waals surface area contributed by atoms with Crippen LogP contribution in [0.25, 0.3) is 0 Å². The van der Waals surface area contributed by atoms with Crippen molar-refractivity contribution in [3.05, 3.63) is 23.8 Å². The van der Waals surface area contributed by atoms with Crippen LogP contribution < -0.4 is 14.8 Å². The number of ketones is 1. The van der Waals surface area contributed by atoms with E-state index in [4.69, 9.17) is 14.2 Å². The smallest absolute Gasteiger partial charge is 0.220 e. The van der Waals surface area contributed by atoms with Crippen LogP contribution in [-0.4, -0.2) is 45.7 Å². The van der Waals surface area contributed by atoms with E-state index in [0.29, 0.717) is 24.5 Å². The maximum absolute atomic E-state index is 11.9. The maximum atomic E-state index is 11.9. The Balaban J connectivity index is 2.71. The van der Waals surface area contributed by atoms with Crippen molar-refractivity contribution < 1.29 is 23.8 Å². The molecule has 0 bridgehead atoms. The van der Waals surface area contributed by atoms with Gasteiger partial charge in [0.05, 0.1) is 26.9 Å². The van der Waals surface area contributed by atoms with Crippen LogP contribution in [0, 0.1) is 0 Å². The number of methoxy groups -OCH3 is 3. The van der Waals surface area contributed by atoms with Crippen molar-refractivity contribution in [1.29, 1.82) is 0 Å². The van der Waals surface area contributed by atoms with Crippen molar-refractivity contribution in [1.82, 2.24) is 5.32 Å². The molecule has 1 aromatic rings. The summed E-state index contributed by atoms with van der Waals surface area (Å²) in [6.07, 6.45) is 1.05. The first-order valence-electron chi connectivity index (χ1n) is 7.48. The summed E-state index contributed by atoms with van der Waals surface area (Å²) in [7, 11) is 4.75. The highest BCUT2D eigenvalue weighted by atomic mass is 16.5. The number of carbonyl (C=O) groups is 2. The maximum Gasteiger partial charge on any atom is 0.220 e. The van der Waals surface area contributed by atoms with Crippen molar-refractivity contribution in [3.63, 3.8) is 0 Å². The number of hydrogen-bond donors (Lipinski definition) is 1. The van der Waals surface area contributed by atoms with E-state index in [-0.39, 0.29) is 30.6 Å². The second-order valence-corrected chi connectivity index (χ2v) is 5.32. The number of carbonyl (C=O) groups excluding carboxylic acids is 2. The van der Waals surface area contributed by atoms with Crippen LogP contribution in [0.3, 0.4) is 0 Å². The Kier molecular flexibility index (Phi) is 8.11. The minimum absolute atomic E-state index is 0.00309. The van der Waals surface area contributed by atoms with E-state index < -0.39 is 0 Å². The molecule has 1 amide bonds. The Morgan fingerprint density at radius 1 is 1.09 bits per heavy atom. The van der Waals surface area contributed by atoms with Gasteiger partial charge in [0.2, 0.25) is 5.91 Å². The van der Waals surface area contributed by atoms with E-state index >= 15 is 0 Å². The predicted molar refractivity (Wildman–Crippen MR) is 87.0 cm³/mol. The highest BCUT2D eigenvalue weighted by molar-refractivity contribution is 5.83. The first-order valence-corrected chi connectivity index (χ1v) is 7.48. The first-order chi connectivity index (χ1) is 11.0. The third-order valence-electron chi connectivity index (χ3n) is 3.37. The Bertz CT molecular complexity index is 530. The summed E-state index contributed by atoms with van der Waals surface area (Å²) in [6.45, 7) is 1.86. The first kappa shape index (κ1) is 19.0. The van der Waals surface area contributed by atoms with E-state index in [2.05, 4.69) is 5.32 Å². The highest BCUT2D eigenvalue weighted by Crippen LogP contribution is 2.28. The van der Waals surface area contributed by atoms with Gasteiger partial charge in [-0.15, -0.1) is 0 Å². The molecule has 0 radical (unpaired) electrons. The van der Waals surface area contributed by atoms with Gasteiger partial charge in [-0.3, -0.25) is 4.79 Å². The number of benzene rings is 1. The Labute approximate surface area is 137 Å². The quantitative estimate of drug-likeness (QED) is 0.710. The Morgan fingerprint density at radius 3 is 2.35 bits per heavy atom. The van der Waals surface area contributed by atoms with Gasteiger partial charge in [0.15, 0.2) is 11.5 Å². The van der Waals surface area contributed by atoms with Crippen LogP contribution in [0.5, 0.6) is 11.5 Å². The molecule has 0 aliphatic heterocycles. The molecule has 1 N–H and O–H groups in total. The van der Waals surface area contributed by atoms with Crippen molar-refractivity contribution in [3.8, 4) is 11.5 Å². The summed E-state index contributed by atoms with van der Waals surface area (Å²) >= 11 is 0. The molecule has 1 aromatic carbocycles. The highest BCUT2D eigenvalue weighted by Gasteiger charge is 2.15. The van der Waals surface area contributed by atoms with Gasteiger partial charge in [-0.25, -0.2) is 0 Å². The molecule has 6 nitrogen and oxygen atoms in total. The van der Waals surface area contributed by atoms with Crippen molar-refractivity contribution in [2.75, 3.05) is 27.9 Å². The van der Waals surface area contributed by atoms with Crippen LogP contribution in [0.15, 0.2) is 18.2 Å². The molecule has 128 valence electrons. The second-order valence-electron chi connectivity index (χ2n) is 5.32. The minimum atomic E-state index is -0.169. The zero-order valence-corrected chi connectivity index (χ0v) is 14.2. The molecule has 0 saturated heterocycles. The molecular weight excluding hydrogens is 298 g/mol. The third kappa shape index (κ3) is 6.69. The second kappa shape index (κ2) is 9.84. The van der Waals surface area contributed by atoms with E-state index in [9.17, 15) is 9.59 Å². The lowest BCUT2D eigenvalue weighted by Crippen LogP contribution is -2.39. The van der Waals surface area contributed by atoms with Crippen molar-refractivity contribution in [2.24, 2.45) is 0 Å². The van der Waals surface area contributed by atoms with Crippen LogP contribution >= 0.6 is 0 Å². The van der Waals surface area contributed by atoms with Crippen LogP contribution in [-0.2, 0) is 20.7 Å². The fourth-order valence-corrected chi connectivity index (χ4v) is 2.23. The lowest BCUT2D eigenvalue weighted by atomic mass is 10.1. The Morgan fingerprint density at radius 2 is 1.78 bits per heavy atom. The van der Waals surface area contributed by atoms with Crippen molar-refractivity contribution in [2.45, 2.75) is 32.2 Å². The lowest BCUT2D eigenvalue weighted by Gasteiger charge is -2.19. The number of rotatable bonds is 10. The SMILES string of the molecule is COC[C@H](Cc1ccc(OC)c(OC)c1)NC(=O)CCC(C)=O. The lowest BCUT2D eigenvalue weighted by molar-refractivity contribution is -0.125. The van der Waals surface area contributed by atoms with Gasteiger partial charge < -0.3 is 24.3 Å². The van der Waals surface area contributed by atoms with Crippen LogP contribution in [0.4, 0.5) is 0 Å². The van der Waals surface area contributed by atoms with Crippen molar-refractivity contribution >= 4 is 11.7 Å². The molecule has 1 rings (SSSR count). The van der Waals surface area contributed by atoms with E-state index in [1.807, 2.05) is 18.2 Å². The average Bonchev–Trinajstić information content (AvgIpc) is 2.53. The largest absolute Gasteiger partial charge is 0.493 e.